The monoisotopic (exact) mass is 730 g/mol. The lowest BCUT2D eigenvalue weighted by molar-refractivity contribution is -0.139. The lowest BCUT2D eigenvalue weighted by atomic mass is 10.0. The number of nitrogens with zero attached hydrogens (tertiary/aromatic N) is 1. The number of halogens is 4. The molecule has 0 aliphatic carbocycles. The third-order valence-electron chi connectivity index (χ3n) is 7.62. The van der Waals surface area contributed by atoms with Crippen molar-refractivity contribution in [1.29, 1.82) is 0 Å². The van der Waals surface area contributed by atoms with Crippen LogP contribution in [0.5, 0.6) is 11.5 Å². The predicted molar refractivity (Wildman–Crippen MR) is 190 cm³/mol. The molecule has 0 spiro atoms. The Morgan fingerprint density at radius 2 is 1.47 bits per heavy atom. The summed E-state index contributed by atoms with van der Waals surface area (Å²) < 4.78 is 63.8. The van der Waals surface area contributed by atoms with Crippen molar-refractivity contribution in [2.24, 2.45) is 0 Å². The number of rotatable bonds is 14. The van der Waals surface area contributed by atoms with Crippen molar-refractivity contribution < 1.29 is 51.3 Å². The highest BCUT2D eigenvalue weighted by Gasteiger charge is 2.34. The fraction of sp³-hybridized carbons (Fsp3) is 0.150. The van der Waals surface area contributed by atoms with E-state index in [1.165, 1.54) is 68.7 Å². The van der Waals surface area contributed by atoms with Crippen LogP contribution in [0.1, 0.15) is 49.9 Å². The molecule has 4 rings (SSSR count). The number of ether oxygens (including phenoxy) is 2. The average molecular weight is 731 g/mol. The Balaban J connectivity index is 1.37. The number of benzene rings is 4. The van der Waals surface area contributed by atoms with Gasteiger partial charge in [0.15, 0.2) is 0 Å². The van der Waals surface area contributed by atoms with E-state index in [2.05, 4.69) is 11.9 Å². The van der Waals surface area contributed by atoms with Crippen molar-refractivity contribution >= 4 is 35.0 Å². The molecular formula is C40H34F4N2O7. The Kier molecular flexibility index (Phi) is 13.1. The molecule has 0 heterocycles. The van der Waals surface area contributed by atoms with Crippen LogP contribution >= 0.6 is 0 Å². The molecule has 0 bridgehead atoms. The van der Waals surface area contributed by atoms with Crippen LogP contribution in [0.15, 0.2) is 122 Å². The molecular weight excluding hydrogens is 696 g/mol. The van der Waals surface area contributed by atoms with Crippen molar-refractivity contribution in [2.75, 3.05) is 19.0 Å². The zero-order valence-electron chi connectivity index (χ0n) is 28.6. The lowest BCUT2D eigenvalue weighted by Crippen LogP contribution is -2.35. The average Bonchev–Trinajstić information content (AvgIpc) is 3.11. The molecule has 0 aliphatic heterocycles. The Bertz CT molecular complexity index is 2030. The zero-order valence-corrected chi connectivity index (χ0v) is 28.6. The van der Waals surface area contributed by atoms with E-state index in [-0.39, 0.29) is 46.2 Å². The van der Waals surface area contributed by atoms with E-state index in [1.54, 1.807) is 42.5 Å². The molecule has 0 saturated heterocycles. The quantitative estimate of drug-likeness (QED) is 0.0580. The van der Waals surface area contributed by atoms with E-state index in [0.29, 0.717) is 11.1 Å². The van der Waals surface area contributed by atoms with Crippen LogP contribution in [0, 0.1) is 0 Å². The van der Waals surface area contributed by atoms with Gasteiger partial charge in [-0.1, -0.05) is 49.1 Å². The number of carboxylic acids is 1. The zero-order chi connectivity index (χ0) is 38.7. The number of amides is 2. The number of alkyl halides is 3. The van der Waals surface area contributed by atoms with Gasteiger partial charge in [-0.05, 0) is 95.9 Å². The maximum atomic E-state index is 13.5. The second-order valence-corrected chi connectivity index (χ2v) is 11.6. The minimum atomic E-state index is -4.70. The molecule has 274 valence electrons. The van der Waals surface area contributed by atoms with Crippen molar-refractivity contribution in [3.8, 4) is 11.5 Å². The number of aliphatic carboxylic acids is 1. The standard InChI is InChI=1S/C40H34F4N2O7/c1-25(5-4-6-26(2)41)28-9-11-30(12-10-28)39(51)53-33-18-7-27(8-19-33)23-46(24-37(48)49)38(50)29-13-16-32(17-14-29)45-36(47)21-31-15-20-34(52-3)22-35(31)40(42,43)44/h4-20,22H,1,21,23-24H2,2-3H3,(H,45,47)(H,48,49)/b5-4-,26-6+. The van der Waals surface area contributed by atoms with E-state index in [9.17, 15) is 41.8 Å². The van der Waals surface area contributed by atoms with Crippen LogP contribution in [-0.2, 0) is 28.7 Å². The normalized spacial score (nSPS) is 11.5. The summed E-state index contributed by atoms with van der Waals surface area (Å²) >= 11 is 0. The number of carbonyl (C=O) groups excluding carboxylic acids is 3. The first-order chi connectivity index (χ1) is 25.1. The van der Waals surface area contributed by atoms with Gasteiger partial charge in [0.05, 0.1) is 30.5 Å². The Morgan fingerprint density at radius 1 is 0.868 bits per heavy atom. The van der Waals surface area contributed by atoms with Crippen LogP contribution < -0.4 is 14.8 Å². The summed E-state index contributed by atoms with van der Waals surface area (Å²) in [5.74, 6) is -3.40. The largest absolute Gasteiger partial charge is 0.497 e. The Labute approximate surface area is 302 Å². The van der Waals surface area contributed by atoms with Crippen LogP contribution in [0.3, 0.4) is 0 Å². The number of carbonyl (C=O) groups is 4. The number of carboxylic acid groups (broad SMARTS) is 1. The highest BCUT2D eigenvalue weighted by atomic mass is 19.4. The highest BCUT2D eigenvalue weighted by Crippen LogP contribution is 2.35. The summed E-state index contributed by atoms with van der Waals surface area (Å²) in [5, 5.41) is 12.0. The van der Waals surface area contributed by atoms with Gasteiger partial charge < -0.3 is 24.8 Å². The van der Waals surface area contributed by atoms with Crippen molar-refractivity contribution in [3.05, 3.63) is 155 Å². The van der Waals surface area contributed by atoms with Gasteiger partial charge in [0.1, 0.15) is 18.0 Å². The van der Waals surface area contributed by atoms with Crippen molar-refractivity contribution in [3.63, 3.8) is 0 Å². The molecule has 0 radical (unpaired) electrons. The fourth-order valence-electron chi connectivity index (χ4n) is 4.98. The molecule has 0 atom stereocenters. The number of allylic oxidation sites excluding steroid dienone is 5. The van der Waals surface area contributed by atoms with Gasteiger partial charge in [0.25, 0.3) is 5.91 Å². The molecule has 0 unspecified atom stereocenters. The van der Waals surface area contributed by atoms with Crippen LogP contribution in [-0.4, -0.2) is 47.4 Å². The first-order valence-electron chi connectivity index (χ1n) is 15.9. The third-order valence-corrected chi connectivity index (χ3v) is 7.62. The highest BCUT2D eigenvalue weighted by molar-refractivity contribution is 5.97. The SMILES string of the molecule is C=C(/C=C\C=C(/C)F)c1ccc(C(=O)Oc2ccc(CN(CC(=O)O)C(=O)c3ccc(NC(=O)Cc4ccc(OC)cc4C(F)(F)F)cc3)cc2)cc1. The number of anilines is 1. The van der Waals surface area contributed by atoms with Crippen molar-refractivity contribution in [2.45, 2.75) is 26.1 Å². The smallest absolute Gasteiger partial charge is 0.416 e. The van der Waals surface area contributed by atoms with E-state index in [0.717, 1.165) is 22.6 Å². The first kappa shape index (κ1) is 39.3. The topological polar surface area (TPSA) is 122 Å². The molecule has 0 fully saturated rings. The van der Waals surface area contributed by atoms with Gasteiger partial charge in [-0.15, -0.1) is 0 Å². The molecule has 2 amide bonds. The van der Waals surface area contributed by atoms with E-state index in [1.807, 2.05) is 0 Å². The minimum absolute atomic E-state index is 0.00551. The molecule has 0 saturated carbocycles. The van der Waals surface area contributed by atoms with Gasteiger partial charge >= 0.3 is 18.1 Å². The number of hydrogen-bond acceptors (Lipinski definition) is 6. The second kappa shape index (κ2) is 17.6. The number of methoxy groups -OCH3 is 1. The van der Waals surface area contributed by atoms with E-state index >= 15 is 0 Å². The third kappa shape index (κ3) is 11.5. The summed E-state index contributed by atoms with van der Waals surface area (Å²) in [6, 6.07) is 21.4. The molecule has 4 aromatic rings. The first-order valence-corrected chi connectivity index (χ1v) is 15.9. The van der Waals surface area contributed by atoms with Crippen molar-refractivity contribution in [1.82, 2.24) is 4.90 Å². The summed E-state index contributed by atoms with van der Waals surface area (Å²) in [4.78, 5) is 51.3. The van der Waals surface area contributed by atoms with Crippen LogP contribution in [0.4, 0.5) is 23.2 Å². The number of esters is 1. The summed E-state index contributed by atoms with van der Waals surface area (Å²) in [6.07, 6.45) is -0.823. The molecule has 0 aromatic heterocycles. The molecule has 0 aliphatic rings. The van der Waals surface area contributed by atoms with Gasteiger partial charge in [-0.2, -0.15) is 13.2 Å². The van der Waals surface area contributed by atoms with Gasteiger partial charge in [0, 0.05) is 17.8 Å². The predicted octanol–water partition coefficient (Wildman–Crippen LogP) is 8.28. The summed E-state index contributed by atoms with van der Waals surface area (Å²) in [7, 11) is 1.23. The van der Waals surface area contributed by atoms with Gasteiger partial charge in [-0.25, -0.2) is 9.18 Å². The molecule has 4 aromatic carbocycles. The fourth-order valence-corrected chi connectivity index (χ4v) is 4.98. The van der Waals surface area contributed by atoms with Gasteiger partial charge in [-0.3, -0.25) is 14.4 Å². The maximum absolute atomic E-state index is 13.5. The molecule has 53 heavy (non-hydrogen) atoms. The van der Waals surface area contributed by atoms with Gasteiger partial charge in [0.2, 0.25) is 5.91 Å². The molecule has 2 N–H and O–H groups in total. The second-order valence-electron chi connectivity index (χ2n) is 11.6. The van der Waals surface area contributed by atoms with Crippen LogP contribution in [0.2, 0.25) is 0 Å². The summed E-state index contributed by atoms with van der Waals surface area (Å²) in [6.45, 7) is 4.49. The maximum Gasteiger partial charge on any atom is 0.416 e. The Morgan fingerprint density at radius 3 is 2.06 bits per heavy atom. The molecule has 13 heteroatoms. The number of hydrogen-bond donors (Lipinski definition) is 2. The van der Waals surface area contributed by atoms with E-state index < -0.39 is 48.5 Å². The lowest BCUT2D eigenvalue weighted by Gasteiger charge is -2.21. The summed E-state index contributed by atoms with van der Waals surface area (Å²) in [5.41, 5.74) is 1.20. The Hall–Kier alpha value is -6.50. The molecule has 9 nitrogen and oxygen atoms in total. The number of nitrogens with one attached hydrogen (secondary N) is 1. The van der Waals surface area contributed by atoms with E-state index in [4.69, 9.17) is 9.47 Å². The minimum Gasteiger partial charge on any atom is -0.497 e. The van der Waals surface area contributed by atoms with Crippen LogP contribution in [0.25, 0.3) is 5.57 Å².